The van der Waals surface area contributed by atoms with E-state index in [1.54, 1.807) is 18.2 Å². The van der Waals surface area contributed by atoms with E-state index in [4.69, 9.17) is 16.3 Å². The monoisotopic (exact) mass is 350 g/mol. The van der Waals surface area contributed by atoms with Gasteiger partial charge in [-0.1, -0.05) is 23.7 Å². The average molecular weight is 351 g/mol. The van der Waals surface area contributed by atoms with E-state index in [-0.39, 0.29) is 11.0 Å². The van der Waals surface area contributed by atoms with Gasteiger partial charge in [-0.05, 0) is 35.9 Å². The van der Waals surface area contributed by atoms with Gasteiger partial charge in [0, 0.05) is 24.0 Å². The number of aromatic nitrogens is 2. The molecule has 0 spiro atoms. The van der Waals surface area contributed by atoms with Crippen LogP contribution < -0.4 is 4.74 Å². The van der Waals surface area contributed by atoms with E-state index in [2.05, 4.69) is 9.97 Å². The molecule has 0 fully saturated rings. The number of pyridine rings is 2. The Labute approximate surface area is 140 Å². The number of rotatable bonds is 3. The van der Waals surface area contributed by atoms with Crippen molar-refractivity contribution in [2.24, 2.45) is 0 Å². The minimum absolute atomic E-state index is 0.263. The first-order valence-electron chi connectivity index (χ1n) is 6.85. The van der Waals surface area contributed by atoms with Gasteiger partial charge in [0.15, 0.2) is 0 Å². The van der Waals surface area contributed by atoms with E-state index < -0.39 is 11.7 Å². The fourth-order valence-electron chi connectivity index (χ4n) is 2.09. The zero-order valence-corrected chi connectivity index (χ0v) is 12.8. The third kappa shape index (κ3) is 3.65. The number of hydrogen-bond acceptors (Lipinski definition) is 3. The van der Waals surface area contributed by atoms with Gasteiger partial charge in [0.05, 0.1) is 5.56 Å². The molecule has 0 saturated carbocycles. The first kappa shape index (κ1) is 16.3. The van der Waals surface area contributed by atoms with Crippen molar-refractivity contribution in [2.45, 2.75) is 6.18 Å². The minimum atomic E-state index is -4.37. The smallest absolute Gasteiger partial charge is 0.416 e. The molecule has 2 heterocycles. The molecule has 3 aromatic rings. The van der Waals surface area contributed by atoms with Crippen LogP contribution >= 0.6 is 11.6 Å². The quantitative estimate of drug-likeness (QED) is 0.576. The Morgan fingerprint density at radius 1 is 0.917 bits per heavy atom. The van der Waals surface area contributed by atoms with Gasteiger partial charge in [-0.2, -0.15) is 13.2 Å². The zero-order chi connectivity index (χ0) is 17.2. The lowest BCUT2D eigenvalue weighted by Gasteiger charge is -2.11. The molecule has 0 bridgehead atoms. The van der Waals surface area contributed by atoms with Crippen molar-refractivity contribution in [2.75, 3.05) is 0 Å². The van der Waals surface area contributed by atoms with Crippen molar-refractivity contribution in [1.29, 1.82) is 0 Å². The van der Waals surface area contributed by atoms with Crippen LogP contribution in [0.1, 0.15) is 5.56 Å². The van der Waals surface area contributed by atoms with Crippen molar-refractivity contribution in [3.8, 4) is 22.8 Å². The normalized spacial score (nSPS) is 11.3. The standard InChI is InChI=1S/C17H10ClF3N2O/c18-15-10-13(7-9-22-15)24-16-14(2-1-8-23-16)11-3-5-12(6-4-11)17(19,20)21/h1-10H. The van der Waals surface area contributed by atoms with Gasteiger partial charge in [0.1, 0.15) is 10.9 Å². The van der Waals surface area contributed by atoms with Gasteiger partial charge in [0.2, 0.25) is 5.88 Å². The Kier molecular flexibility index (Phi) is 4.40. The second-order valence-corrected chi connectivity index (χ2v) is 5.23. The summed E-state index contributed by atoms with van der Waals surface area (Å²) in [6, 6.07) is 11.3. The largest absolute Gasteiger partial charge is 0.438 e. The highest BCUT2D eigenvalue weighted by atomic mass is 35.5. The number of ether oxygens (including phenoxy) is 1. The fourth-order valence-corrected chi connectivity index (χ4v) is 2.25. The topological polar surface area (TPSA) is 35.0 Å². The number of benzene rings is 1. The van der Waals surface area contributed by atoms with E-state index in [0.717, 1.165) is 12.1 Å². The average Bonchev–Trinajstić information content (AvgIpc) is 2.55. The van der Waals surface area contributed by atoms with Gasteiger partial charge in [0.25, 0.3) is 0 Å². The van der Waals surface area contributed by atoms with Gasteiger partial charge in [-0.15, -0.1) is 0 Å². The summed E-state index contributed by atoms with van der Waals surface area (Å²) >= 11 is 5.81. The number of alkyl halides is 3. The molecule has 2 aromatic heterocycles. The molecule has 0 atom stereocenters. The predicted octanol–water partition coefficient (Wildman–Crippen LogP) is 5.61. The summed E-state index contributed by atoms with van der Waals surface area (Å²) in [6.45, 7) is 0. The Bertz CT molecular complexity index is 851. The lowest BCUT2D eigenvalue weighted by atomic mass is 10.0. The molecular weight excluding hydrogens is 341 g/mol. The highest BCUT2D eigenvalue weighted by Gasteiger charge is 2.30. The van der Waals surface area contributed by atoms with Crippen LogP contribution in [-0.4, -0.2) is 9.97 Å². The summed E-state index contributed by atoms with van der Waals surface area (Å²) in [5.74, 6) is 0.696. The maximum absolute atomic E-state index is 12.7. The maximum atomic E-state index is 12.7. The predicted molar refractivity (Wildman–Crippen MR) is 84.0 cm³/mol. The van der Waals surface area contributed by atoms with Gasteiger partial charge in [-0.3, -0.25) is 0 Å². The van der Waals surface area contributed by atoms with E-state index in [1.807, 2.05) is 0 Å². The molecule has 0 unspecified atom stereocenters. The third-order valence-electron chi connectivity index (χ3n) is 3.21. The molecule has 0 aliphatic rings. The van der Waals surface area contributed by atoms with Crippen LogP contribution in [0.2, 0.25) is 5.15 Å². The number of halogens is 4. The van der Waals surface area contributed by atoms with Crippen LogP contribution in [0.25, 0.3) is 11.1 Å². The Morgan fingerprint density at radius 2 is 1.67 bits per heavy atom. The summed E-state index contributed by atoms with van der Waals surface area (Å²) in [5.41, 5.74) is 0.420. The van der Waals surface area contributed by atoms with Crippen molar-refractivity contribution < 1.29 is 17.9 Å². The minimum Gasteiger partial charge on any atom is -0.438 e. The first-order valence-corrected chi connectivity index (χ1v) is 7.23. The lowest BCUT2D eigenvalue weighted by Crippen LogP contribution is -2.04. The molecule has 0 amide bonds. The molecule has 122 valence electrons. The highest BCUT2D eigenvalue weighted by molar-refractivity contribution is 6.29. The molecule has 3 nitrogen and oxygen atoms in total. The SMILES string of the molecule is FC(F)(F)c1ccc(-c2cccnc2Oc2ccnc(Cl)c2)cc1. The van der Waals surface area contributed by atoms with Gasteiger partial charge < -0.3 is 4.74 Å². The lowest BCUT2D eigenvalue weighted by molar-refractivity contribution is -0.137. The van der Waals surface area contributed by atoms with Crippen LogP contribution in [0.3, 0.4) is 0 Å². The van der Waals surface area contributed by atoms with Gasteiger partial charge in [-0.25, -0.2) is 9.97 Å². The second kappa shape index (κ2) is 6.49. The van der Waals surface area contributed by atoms with E-state index in [1.165, 1.54) is 30.6 Å². The zero-order valence-electron chi connectivity index (χ0n) is 12.1. The molecule has 3 rings (SSSR count). The van der Waals surface area contributed by atoms with Crippen LogP contribution in [0.4, 0.5) is 13.2 Å². The van der Waals surface area contributed by atoms with Crippen molar-refractivity contribution in [3.63, 3.8) is 0 Å². The molecule has 1 aromatic carbocycles. The molecule has 7 heteroatoms. The van der Waals surface area contributed by atoms with Gasteiger partial charge >= 0.3 is 6.18 Å². The van der Waals surface area contributed by atoms with E-state index in [0.29, 0.717) is 16.9 Å². The Hall–Kier alpha value is -2.60. The second-order valence-electron chi connectivity index (χ2n) is 4.85. The molecule has 0 aliphatic carbocycles. The summed E-state index contributed by atoms with van der Waals surface area (Å²) in [6.07, 6.45) is -1.36. The number of nitrogens with zero attached hydrogens (tertiary/aromatic N) is 2. The van der Waals surface area contributed by atoms with Crippen LogP contribution in [0.5, 0.6) is 11.6 Å². The van der Waals surface area contributed by atoms with Crippen molar-refractivity contribution >= 4 is 11.6 Å². The van der Waals surface area contributed by atoms with E-state index >= 15 is 0 Å². The van der Waals surface area contributed by atoms with E-state index in [9.17, 15) is 13.2 Å². The molecule has 0 N–H and O–H groups in total. The summed E-state index contributed by atoms with van der Waals surface area (Å²) in [5, 5.41) is 0.263. The molecule has 24 heavy (non-hydrogen) atoms. The first-order chi connectivity index (χ1) is 11.4. The van der Waals surface area contributed by atoms with Crippen molar-refractivity contribution in [1.82, 2.24) is 9.97 Å². The van der Waals surface area contributed by atoms with Crippen LogP contribution in [-0.2, 0) is 6.18 Å². The maximum Gasteiger partial charge on any atom is 0.416 e. The fraction of sp³-hybridized carbons (Fsp3) is 0.0588. The van der Waals surface area contributed by atoms with Crippen LogP contribution in [0.15, 0.2) is 60.9 Å². The van der Waals surface area contributed by atoms with Crippen LogP contribution in [0, 0.1) is 0 Å². The third-order valence-corrected chi connectivity index (χ3v) is 3.41. The summed E-state index contributed by atoms with van der Waals surface area (Å²) in [7, 11) is 0. The Morgan fingerprint density at radius 3 is 2.33 bits per heavy atom. The van der Waals surface area contributed by atoms with Crippen molar-refractivity contribution in [3.05, 3.63) is 71.6 Å². The highest BCUT2D eigenvalue weighted by Crippen LogP contribution is 2.34. The Balaban J connectivity index is 1.94. The number of hydrogen-bond donors (Lipinski definition) is 0. The summed E-state index contributed by atoms with van der Waals surface area (Å²) < 4.78 is 43.7. The molecule has 0 aliphatic heterocycles. The molecule has 0 radical (unpaired) electrons. The molecule has 0 saturated heterocycles. The molecular formula is C17H10ClF3N2O. The summed E-state index contributed by atoms with van der Waals surface area (Å²) in [4.78, 5) is 8.00.